The number of carboxylic acid groups (broad SMARTS) is 1. The van der Waals surface area contributed by atoms with Crippen LogP contribution in [0.2, 0.25) is 5.15 Å². The lowest BCUT2D eigenvalue weighted by Crippen LogP contribution is -2.14. The highest BCUT2D eigenvalue weighted by molar-refractivity contribution is 6.29. The molecule has 1 amide bonds. The van der Waals surface area contributed by atoms with Crippen LogP contribution in [-0.2, 0) is 0 Å². The molecule has 3 N–H and O–H groups in total. The summed E-state index contributed by atoms with van der Waals surface area (Å²) in [4.78, 5) is 29.9. The van der Waals surface area contributed by atoms with Crippen molar-refractivity contribution in [3.8, 4) is 0 Å². The van der Waals surface area contributed by atoms with E-state index in [1.54, 1.807) is 19.9 Å². The number of nitrogens with zero attached hydrogens (tertiary/aromatic N) is 1. The molecule has 0 unspecified atom stereocenters. The van der Waals surface area contributed by atoms with Crippen molar-refractivity contribution < 1.29 is 14.7 Å². The second-order valence-corrected chi connectivity index (χ2v) is 4.67. The molecule has 6 nitrogen and oxygen atoms in total. The van der Waals surface area contributed by atoms with Crippen LogP contribution in [0.15, 0.2) is 18.3 Å². The van der Waals surface area contributed by atoms with Crippen molar-refractivity contribution in [1.29, 1.82) is 0 Å². The first kappa shape index (κ1) is 14.1. The maximum Gasteiger partial charge on any atom is 0.339 e. The molecule has 2 rings (SSSR count). The zero-order valence-corrected chi connectivity index (χ0v) is 11.6. The van der Waals surface area contributed by atoms with E-state index in [-0.39, 0.29) is 16.4 Å². The fourth-order valence-corrected chi connectivity index (χ4v) is 2.11. The van der Waals surface area contributed by atoms with Crippen molar-refractivity contribution in [2.45, 2.75) is 13.8 Å². The summed E-state index contributed by atoms with van der Waals surface area (Å²) >= 11 is 5.79. The molecular weight excluding hydrogens is 282 g/mol. The van der Waals surface area contributed by atoms with Crippen molar-refractivity contribution in [2.75, 3.05) is 5.32 Å². The van der Waals surface area contributed by atoms with Crippen molar-refractivity contribution in [3.05, 3.63) is 46.0 Å². The Morgan fingerprint density at radius 3 is 2.65 bits per heavy atom. The maximum atomic E-state index is 12.1. The molecule has 2 heterocycles. The molecule has 0 fully saturated rings. The summed E-state index contributed by atoms with van der Waals surface area (Å²) in [6.45, 7) is 3.33. The number of rotatable bonds is 3. The Balaban J connectivity index is 2.30. The van der Waals surface area contributed by atoms with Crippen LogP contribution < -0.4 is 5.32 Å². The van der Waals surface area contributed by atoms with Crippen molar-refractivity contribution >= 4 is 29.2 Å². The van der Waals surface area contributed by atoms with Crippen molar-refractivity contribution in [2.24, 2.45) is 0 Å². The molecule has 20 heavy (non-hydrogen) atoms. The second kappa shape index (κ2) is 5.34. The number of anilines is 1. The highest BCUT2D eigenvalue weighted by Gasteiger charge is 2.18. The number of carbonyl (C=O) groups excluding carboxylic acids is 1. The number of H-pyrrole nitrogens is 1. The fourth-order valence-electron chi connectivity index (χ4n) is 1.85. The summed E-state index contributed by atoms with van der Waals surface area (Å²) in [6.07, 6.45) is 1.44. The van der Waals surface area contributed by atoms with Crippen molar-refractivity contribution in [1.82, 2.24) is 9.97 Å². The molecule has 0 aliphatic carbocycles. The van der Waals surface area contributed by atoms with Gasteiger partial charge in [-0.1, -0.05) is 11.6 Å². The summed E-state index contributed by atoms with van der Waals surface area (Å²) in [5.41, 5.74) is 1.64. The van der Waals surface area contributed by atoms with Gasteiger partial charge >= 0.3 is 5.97 Å². The zero-order chi connectivity index (χ0) is 14.9. The molecular formula is C13H12ClN3O3. The number of halogens is 1. The first-order valence-corrected chi connectivity index (χ1v) is 6.13. The standard InChI is InChI=1S/C13H12ClN3O3/c1-6-3-8(4-10(14)16-6)12(18)17-9-5-15-7(2)11(9)13(19)20/h3-5,15H,1-2H3,(H,17,18)(H,19,20). The molecule has 0 aromatic carbocycles. The third kappa shape index (κ3) is 2.80. The van der Waals surface area contributed by atoms with Gasteiger partial charge in [0.05, 0.1) is 5.69 Å². The van der Waals surface area contributed by atoms with Gasteiger partial charge in [0.1, 0.15) is 10.7 Å². The quantitative estimate of drug-likeness (QED) is 0.758. The SMILES string of the molecule is Cc1cc(C(=O)Nc2c[nH]c(C)c2C(=O)O)cc(Cl)n1. The molecule has 0 saturated heterocycles. The van der Waals surface area contributed by atoms with E-state index in [2.05, 4.69) is 15.3 Å². The molecule has 2 aromatic rings. The third-order valence-corrected chi connectivity index (χ3v) is 2.92. The van der Waals surface area contributed by atoms with E-state index < -0.39 is 11.9 Å². The minimum absolute atomic E-state index is 0.0372. The summed E-state index contributed by atoms with van der Waals surface area (Å²) in [5, 5.41) is 11.9. The number of aromatic amines is 1. The molecule has 0 atom stereocenters. The van der Waals surface area contributed by atoms with Crippen LogP contribution in [-0.4, -0.2) is 27.0 Å². The molecule has 0 spiro atoms. The van der Waals surface area contributed by atoms with Gasteiger partial charge in [-0.15, -0.1) is 0 Å². The predicted octanol–water partition coefficient (Wildman–Crippen LogP) is 2.63. The minimum atomic E-state index is -1.11. The molecule has 7 heteroatoms. The second-order valence-electron chi connectivity index (χ2n) is 4.28. The Morgan fingerprint density at radius 1 is 1.35 bits per heavy atom. The van der Waals surface area contributed by atoms with Gasteiger partial charge in [-0.05, 0) is 26.0 Å². The Hall–Kier alpha value is -2.34. The first-order valence-electron chi connectivity index (χ1n) is 5.75. The monoisotopic (exact) mass is 293 g/mol. The number of aromatic carboxylic acids is 1. The van der Waals surface area contributed by atoms with Crippen LogP contribution in [0.25, 0.3) is 0 Å². The van der Waals surface area contributed by atoms with Gasteiger partial charge in [-0.25, -0.2) is 9.78 Å². The highest BCUT2D eigenvalue weighted by Crippen LogP contribution is 2.20. The van der Waals surface area contributed by atoms with Gasteiger partial charge in [0.25, 0.3) is 5.91 Å². The Bertz CT molecular complexity index is 674. The van der Waals surface area contributed by atoms with Crippen LogP contribution in [0.5, 0.6) is 0 Å². The van der Waals surface area contributed by atoms with Gasteiger partial charge in [-0.2, -0.15) is 0 Å². The third-order valence-electron chi connectivity index (χ3n) is 2.72. The number of nitrogens with one attached hydrogen (secondary N) is 2. The fraction of sp³-hybridized carbons (Fsp3) is 0.154. The lowest BCUT2D eigenvalue weighted by molar-refractivity contribution is 0.0697. The van der Waals surface area contributed by atoms with Gasteiger partial charge < -0.3 is 15.4 Å². The van der Waals surface area contributed by atoms with E-state index in [1.807, 2.05) is 0 Å². The Morgan fingerprint density at radius 2 is 2.05 bits per heavy atom. The van der Waals surface area contributed by atoms with E-state index in [0.29, 0.717) is 17.0 Å². The number of carbonyl (C=O) groups is 2. The van der Waals surface area contributed by atoms with Crippen LogP contribution >= 0.6 is 11.6 Å². The number of hydrogen-bond donors (Lipinski definition) is 3. The highest BCUT2D eigenvalue weighted by atomic mass is 35.5. The first-order chi connectivity index (χ1) is 9.38. The summed E-state index contributed by atoms with van der Waals surface area (Å²) in [5.74, 6) is -1.55. The zero-order valence-electron chi connectivity index (χ0n) is 10.8. The van der Waals surface area contributed by atoms with Crippen LogP contribution in [0.3, 0.4) is 0 Å². The number of pyridine rings is 1. The largest absolute Gasteiger partial charge is 0.478 e. The molecule has 0 saturated carbocycles. The number of amides is 1. The average Bonchev–Trinajstić information content (AvgIpc) is 2.69. The van der Waals surface area contributed by atoms with Crippen LogP contribution in [0.4, 0.5) is 5.69 Å². The molecule has 2 aromatic heterocycles. The lowest BCUT2D eigenvalue weighted by Gasteiger charge is -2.06. The summed E-state index contributed by atoms with van der Waals surface area (Å²) in [6, 6.07) is 2.99. The summed E-state index contributed by atoms with van der Waals surface area (Å²) in [7, 11) is 0. The smallest absolute Gasteiger partial charge is 0.339 e. The van der Waals surface area contributed by atoms with Crippen LogP contribution in [0, 0.1) is 13.8 Å². The van der Waals surface area contributed by atoms with E-state index >= 15 is 0 Å². The van der Waals surface area contributed by atoms with Gasteiger partial charge in [0, 0.05) is 23.1 Å². The van der Waals surface area contributed by atoms with Gasteiger partial charge in [0.2, 0.25) is 0 Å². The van der Waals surface area contributed by atoms with E-state index in [9.17, 15) is 9.59 Å². The van der Waals surface area contributed by atoms with Gasteiger partial charge in [0.15, 0.2) is 0 Å². The molecule has 0 aliphatic heterocycles. The molecule has 0 radical (unpaired) electrons. The number of aromatic nitrogens is 2. The van der Waals surface area contributed by atoms with E-state index in [4.69, 9.17) is 16.7 Å². The molecule has 104 valence electrons. The average molecular weight is 294 g/mol. The number of hydrogen-bond acceptors (Lipinski definition) is 3. The van der Waals surface area contributed by atoms with E-state index in [1.165, 1.54) is 12.3 Å². The topological polar surface area (TPSA) is 95.1 Å². The number of aryl methyl sites for hydroxylation is 2. The summed E-state index contributed by atoms with van der Waals surface area (Å²) < 4.78 is 0. The Kier molecular flexibility index (Phi) is 3.76. The van der Waals surface area contributed by atoms with Crippen LogP contribution in [0.1, 0.15) is 32.1 Å². The van der Waals surface area contributed by atoms with E-state index in [0.717, 1.165) is 0 Å². The van der Waals surface area contributed by atoms with Gasteiger partial charge in [-0.3, -0.25) is 4.79 Å². The molecule has 0 bridgehead atoms. The minimum Gasteiger partial charge on any atom is -0.478 e. The maximum absolute atomic E-state index is 12.1. The normalized spacial score (nSPS) is 10.3. The molecule has 0 aliphatic rings. The Labute approximate surface area is 119 Å². The lowest BCUT2D eigenvalue weighted by atomic mass is 10.2. The predicted molar refractivity (Wildman–Crippen MR) is 74.4 cm³/mol. The number of carboxylic acids is 1. The van der Waals surface area contributed by atoms with Crippen molar-refractivity contribution in [3.63, 3.8) is 0 Å².